The summed E-state index contributed by atoms with van der Waals surface area (Å²) in [5.41, 5.74) is 3.95. The first-order chi connectivity index (χ1) is 21.3. The van der Waals surface area contributed by atoms with Crippen molar-refractivity contribution in [2.24, 2.45) is 4.99 Å². The maximum Gasteiger partial charge on any atom is 0.257 e. The Morgan fingerprint density at radius 1 is 0.841 bits per heavy atom. The van der Waals surface area contributed by atoms with Crippen LogP contribution in [-0.2, 0) is 0 Å². The van der Waals surface area contributed by atoms with Gasteiger partial charge in [0, 0.05) is 31.4 Å². The highest BCUT2D eigenvalue weighted by atomic mass is 16.5. The highest BCUT2D eigenvalue weighted by Crippen LogP contribution is 2.40. The molecule has 0 spiro atoms. The van der Waals surface area contributed by atoms with Crippen LogP contribution in [0.5, 0.6) is 23.0 Å². The van der Waals surface area contributed by atoms with E-state index in [0.717, 1.165) is 36.8 Å². The first-order valence-electron chi connectivity index (χ1n) is 14.9. The zero-order valence-electron chi connectivity index (χ0n) is 25.1. The number of anilines is 1. The minimum absolute atomic E-state index is 0.0744. The molecule has 2 amide bonds. The van der Waals surface area contributed by atoms with Crippen LogP contribution in [0.4, 0.5) is 11.4 Å². The summed E-state index contributed by atoms with van der Waals surface area (Å²) in [6, 6.07) is 6.42. The fourth-order valence-electron chi connectivity index (χ4n) is 6.22. The third-order valence-electron chi connectivity index (χ3n) is 8.51. The molecule has 6 rings (SSSR count). The second kappa shape index (κ2) is 12.2. The molecule has 2 N–H and O–H groups in total. The third-order valence-corrected chi connectivity index (χ3v) is 8.51. The maximum atomic E-state index is 13.2. The van der Waals surface area contributed by atoms with Gasteiger partial charge in [-0.15, -0.1) is 0 Å². The zero-order chi connectivity index (χ0) is 31.0. The van der Waals surface area contributed by atoms with Crippen LogP contribution >= 0.6 is 0 Å². The molecule has 11 heteroatoms. The number of fused-ring (bicyclic) bond motifs is 4. The van der Waals surface area contributed by atoms with Crippen molar-refractivity contribution in [3.8, 4) is 23.0 Å². The topological polar surface area (TPSA) is 122 Å². The number of amides is 2. The predicted octanol–water partition coefficient (Wildman–Crippen LogP) is 4.33. The maximum absolute atomic E-state index is 13.2. The van der Waals surface area contributed by atoms with Gasteiger partial charge in [0.05, 0.1) is 62.0 Å². The van der Waals surface area contributed by atoms with Gasteiger partial charge in [-0.05, 0) is 44.2 Å². The van der Waals surface area contributed by atoms with Gasteiger partial charge in [-0.3, -0.25) is 14.6 Å². The number of benzene rings is 2. The van der Waals surface area contributed by atoms with Crippen LogP contribution in [0.1, 0.15) is 52.8 Å². The number of unbranched alkanes of at least 4 members (excludes halogenated alkanes) is 2. The van der Waals surface area contributed by atoms with E-state index in [1.165, 1.54) is 7.11 Å². The van der Waals surface area contributed by atoms with E-state index in [-0.39, 0.29) is 23.9 Å². The third kappa shape index (κ3) is 5.59. The number of aliphatic hydroxyl groups is 1. The lowest BCUT2D eigenvalue weighted by molar-refractivity contribution is 0.0581. The average molecular weight is 603 g/mol. The van der Waals surface area contributed by atoms with Crippen LogP contribution in [0.15, 0.2) is 53.6 Å². The summed E-state index contributed by atoms with van der Waals surface area (Å²) >= 11 is 0. The van der Waals surface area contributed by atoms with Gasteiger partial charge in [0.2, 0.25) is 0 Å². The fourth-order valence-corrected chi connectivity index (χ4v) is 6.22. The number of ether oxygens (including phenoxy) is 4. The van der Waals surface area contributed by atoms with Gasteiger partial charge < -0.3 is 39.2 Å². The Morgan fingerprint density at radius 3 is 2.16 bits per heavy atom. The molecule has 2 aromatic carbocycles. The van der Waals surface area contributed by atoms with Gasteiger partial charge >= 0.3 is 0 Å². The Bertz CT molecular complexity index is 1540. The van der Waals surface area contributed by atoms with E-state index in [1.54, 1.807) is 41.2 Å². The number of hydrogen-bond donors (Lipinski definition) is 2. The molecule has 0 aliphatic carbocycles. The SMILES string of the molecule is C=C1CC2C=Nc3cc(OCCCCCOc4cc5c(cc4OC)C(=O)N4CC(=C)CC4C(O)N5)c(OC)cc3C(=O)N2C1. The molecule has 3 atom stereocenters. The lowest BCUT2D eigenvalue weighted by Crippen LogP contribution is -2.43. The van der Waals surface area contributed by atoms with Crippen LogP contribution in [0, 0.1) is 0 Å². The Hall–Kier alpha value is -4.51. The van der Waals surface area contributed by atoms with E-state index in [0.29, 0.717) is 78.2 Å². The summed E-state index contributed by atoms with van der Waals surface area (Å²) in [6.45, 7) is 9.86. The lowest BCUT2D eigenvalue weighted by Gasteiger charge is -2.24. The summed E-state index contributed by atoms with van der Waals surface area (Å²) in [5.74, 6) is 1.73. The minimum atomic E-state index is -0.913. The van der Waals surface area contributed by atoms with E-state index < -0.39 is 6.23 Å². The monoisotopic (exact) mass is 602 g/mol. The molecule has 0 aromatic heterocycles. The van der Waals surface area contributed by atoms with Crippen LogP contribution in [0.25, 0.3) is 0 Å². The molecule has 4 aliphatic rings. The minimum Gasteiger partial charge on any atom is -0.493 e. The standard InChI is InChI=1S/C33H38N4O7/c1-19-10-21-16-34-24-14-29(27(41-3)12-22(24)32(39)36(21)17-19)43-8-6-5-7-9-44-30-15-25-23(13-28(30)42-4)33(40)37-18-20(2)11-26(37)31(38)35-25/h12-16,21,26,31,35,38H,1-2,5-11,17-18H2,3-4H3. The van der Waals surface area contributed by atoms with Gasteiger partial charge in [-0.2, -0.15) is 0 Å². The fraction of sp³-hybridized carbons (Fsp3) is 0.424. The van der Waals surface area contributed by atoms with E-state index in [9.17, 15) is 14.7 Å². The lowest BCUT2D eigenvalue weighted by atomic mass is 10.1. The van der Waals surface area contributed by atoms with Gasteiger partial charge in [0.1, 0.15) is 6.23 Å². The van der Waals surface area contributed by atoms with Crippen molar-refractivity contribution < 1.29 is 33.6 Å². The molecule has 2 saturated heterocycles. The quantitative estimate of drug-likeness (QED) is 0.305. The van der Waals surface area contributed by atoms with Crippen molar-refractivity contribution in [3.05, 3.63) is 59.7 Å². The predicted molar refractivity (Wildman–Crippen MR) is 166 cm³/mol. The number of aliphatic hydroxyl groups excluding tert-OH is 1. The van der Waals surface area contributed by atoms with E-state index in [1.807, 2.05) is 6.21 Å². The normalized spacial score (nSPS) is 22.0. The van der Waals surface area contributed by atoms with Gasteiger partial charge in [-0.25, -0.2) is 0 Å². The largest absolute Gasteiger partial charge is 0.493 e. The molecule has 0 saturated carbocycles. The second-order valence-electron chi connectivity index (χ2n) is 11.6. The molecule has 2 fully saturated rings. The highest BCUT2D eigenvalue weighted by molar-refractivity contribution is 6.04. The molecule has 3 unspecified atom stereocenters. The van der Waals surface area contributed by atoms with Crippen molar-refractivity contribution in [3.63, 3.8) is 0 Å². The summed E-state index contributed by atoms with van der Waals surface area (Å²) in [6.07, 6.45) is 4.56. The smallest absolute Gasteiger partial charge is 0.257 e. The number of rotatable bonds is 10. The second-order valence-corrected chi connectivity index (χ2v) is 11.6. The molecule has 4 heterocycles. The summed E-state index contributed by atoms with van der Waals surface area (Å²) in [5, 5.41) is 13.8. The van der Waals surface area contributed by atoms with Crippen molar-refractivity contribution in [1.82, 2.24) is 9.80 Å². The van der Waals surface area contributed by atoms with E-state index in [2.05, 4.69) is 23.5 Å². The van der Waals surface area contributed by atoms with E-state index in [4.69, 9.17) is 18.9 Å². The van der Waals surface area contributed by atoms with Gasteiger partial charge in [0.25, 0.3) is 11.8 Å². The number of methoxy groups -OCH3 is 2. The average Bonchev–Trinajstić information content (AvgIpc) is 3.55. The van der Waals surface area contributed by atoms with Crippen LogP contribution in [-0.4, -0.2) is 91.8 Å². The zero-order valence-corrected chi connectivity index (χ0v) is 25.1. The van der Waals surface area contributed by atoms with Gasteiger partial charge in [0.15, 0.2) is 23.0 Å². The van der Waals surface area contributed by atoms with Crippen molar-refractivity contribution in [2.75, 3.05) is 45.8 Å². The Balaban J connectivity index is 1.02. The van der Waals surface area contributed by atoms with Crippen LogP contribution in [0.2, 0.25) is 0 Å². The van der Waals surface area contributed by atoms with Crippen molar-refractivity contribution in [1.29, 1.82) is 0 Å². The molecule has 2 aromatic rings. The number of nitrogens with one attached hydrogen (secondary N) is 1. The number of hydrogen-bond acceptors (Lipinski definition) is 9. The van der Waals surface area contributed by atoms with Gasteiger partial charge in [-0.1, -0.05) is 24.3 Å². The molecule has 0 radical (unpaired) electrons. The van der Waals surface area contributed by atoms with Crippen molar-refractivity contribution >= 4 is 29.4 Å². The molecular formula is C33H38N4O7. The molecule has 4 aliphatic heterocycles. The highest BCUT2D eigenvalue weighted by Gasteiger charge is 2.40. The molecule has 11 nitrogen and oxygen atoms in total. The first kappa shape index (κ1) is 29.6. The Kier molecular flexibility index (Phi) is 8.22. The molecular weight excluding hydrogens is 564 g/mol. The Labute approximate surface area is 256 Å². The van der Waals surface area contributed by atoms with E-state index >= 15 is 0 Å². The van der Waals surface area contributed by atoms with Crippen molar-refractivity contribution in [2.45, 2.75) is 50.4 Å². The number of aliphatic imine (C=N–C) groups is 1. The molecule has 0 bridgehead atoms. The number of nitrogens with zero attached hydrogens (tertiary/aromatic N) is 3. The summed E-state index contributed by atoms with van der Waals surface area (Å²) in [7, 11) is 3.09. The summed E-state index contributed by atoms with van der Waals surface area (Å²) in [4.78, 5) is 34.4. The number of carbonyl (C=O) groups is 2. The Morgan fingerprint density at radius 2 is 1.45 bits per heavy atom. The molecule has 44 heavy (non-hydrogen) atoms. The molecule has 232 valence electrons. The summed E-state index contributed by atoms with van der Waals surface area (Å²) < 4.78 is 23.2. The first-order valence-corrected chi connectivity index (χ1v) is 14.9. The number of carbonyl (C=O) groups excluding carboxylic acids is 2. The van der Waals surface area contributed by atoms with Crippen LogP contribution < -0.4 is 24.3 Å². The van der Waals surface area contributed by atoms with Crippen LogP contribution in [0.3, 0.4) is 0 Å².